The first-order valence-electron chi connectivity index (χ1n) is 29.0. The van der Waals surface area contributed by atoms with Crippen LogP contribution in [0.2, 0.25) is 72.5 Å². The zero-order valence-electron chi connectivity index (χ0n) is 50.2. The molecule has 69 heavy (non-hydrogen) atoms. The fraction of sp³-hybridized carbons (Fsp3) is 0.914. The second kappa shape index (κ2) is 30.9. The molecule has 1 saturated heterocycles. The highest BCUT2D eigenvalue weighted by Crippen LogP contribution is 2.44. The van der Waals surface area contributed by atoms with Gasteiger partial charge in [-0.15, -0.1) is 0 Å². The molecule has 1 aliphatic rings. The van der Waals surface area contributed by atoms with E-state index >= 15 is 0 Å². The van der Waals surface area contributed by atoms with E-state index in [-0.39, 0.29) is 77.2 Å². The quantitative estimate of drug-likeness (QED) is 0.0361. The molecule has 11 heteroatoms. The van der Waals surface area contributed by atoms with Crippen molar-refractivity contribution in [3.8, 4) is 0 Å². The molecule has 1 heterocycles. The summed E-state index contributed by atoms with van der Waals surface area (Å²) in [6.45, 7) is 54.2. The summed E-state index contributed by atoms with van der Waals surface area (Å²) >= 11 is 0. The van der Waals surface area contributed by atoms with E-state index in [0.717, 1.165) is 80.1 Å². The lowest BCUT2D eigenvalue weighted by Crippen LogP contribution is -2.56. The molecule has 7 nitrogen and oxygen atoms in total. The van der Waals surface area contributed by atoms with Crippen LogP contribution in [0.1, 0.15) is 184 Å². The SMILES string of the molecule is CCC[C@@H](C)/C=C(\C)[C@H](O[Si](CC)(CC)CC)[C@H](C)/C=C/CC[C@@H](O[Si](C)(C)C(C)(C)C)[C@H](C)[C@H](O[Si](CC)(CC)CC)[C@H](C)[C@H](O[Si](CC)(CC)CC)[C@H](C)[C@H]1O[C@H]([C@H](C)C(=O)OC)CC[C@@H]1C. The summed E-state index contributed by atoms with van der Waals surface area (Å²) in [4.78, 5) is 12.9. The fourth-order valence-electron chi connectivity index (χ4n) is 11.5. The molecule has 0 spiro atoms. The van der Waals surface area contributed by atoms with Crippen molar-refractivity contribution in [2.24, 2.45) is 41.4 Å². The second-order valence-corrected chi connectivity index (χ2v) is 42.9. The molecule has 13 atom stereocenters. The van der Waals surface area contributed by atoms with E-state index < -0.39 is 33.3 Å². The van der Waals surface area contributed by atoms with Crippen LogP contribution in [0.4, 0.5) is 0 Å². The number of allylic oxidation sites excluding steroid dienone is 2. The van der Waals surface area contributed by atoms with Gasteiger partial charge in [-0.1, -0.05) is 156 Å². The van der Waals surface area contributed by atoms with Gasteiger partial charge in [0.1, 0.15) is 0 Å². The molecule has 0 bridgehead atoms. The van der Waals surface area contributed by atoms with Crippen LogP contribution in [0.3, 0.4) is 0 Å². The fourth-order valence-corrected chi connectivity index (χ4v) is 21.9. The molecule has 0 aromatic rings. The molecule has 1 rings (SSSR count). The minimum atomic E-state index is -2.22. The zero-order valence-corrected chi connectivity index (χ0v) is 54.2. The molecule has 0 saturated carbocycles. The second-order valence-electron chi connectivity index (χ2n) is 24.0. The van der Waals surface area contributed by atoms with Crippen LogP contribution < -0.4 is 0 Å². The normalized spacial score (nSPS) is 22.7. The molecule has 408 valence electrons. The van der Waals surface area contributed by atoms with Crippen LogP contribution in [-0.4, -0.2) is 83.0 Å². The molecule has 0 aromatic heterocycles. The number of carbonyl (C=O) groups excluding carboxylic acids is 1. The van der Waals surface area contributed by atoms with Crippen LogP contribution in [0.5, 0.6) is 0 Å². The number of esters is 1. The molecule has 0 radical (unpaired) electrons. The maximum Gasteiger partial charge on any atom is 0.311 e. The average Bonchev–Trinajstić information content (AvgIpc) is 3.33. The first kappa shape index (κ1) is 66.6. The Bertz CT molecular complexity index is 1460. The maximum atomic E-state index is 12.9. The first-order valence-corrected chi connectivity index (χ1v) is 39.5. The summed E-state index contributed by atoms with van der Waals surface area (Å²) in [5.41, 5.74) is 1.39. The lowest BCUT2D eigenvalue weighted by molar-refractivity contribution is -0.169. The van der Waals surface area contributed by atoms with Crippen molar-refractivity contribution in [2.75, 3.05) is 7.11 Å². The van der Waals surface area contributed by atoms with E-state index in [1.807, 2.05) is 6.92 Å². The first-order chi connectivity index (χ1) is 32.2. The van der Waals surface area contributed by atoms with E-state index in [2.05, 4.69) is 170 Å². The standard InChI is InChI=1S/C58H118O7Si4/c1-25-37-43(11)42-46(14)53(63-67(26-2,27-3)28-4)44(12)38-35-36-39-52(62-66(23,24)58(19,20)21)47(15)55(64-68(29-5,30-6)31-7)50(18)56(65-69(32-8,33-9)34-10)49(17)54-45(13)40-41-51(61-54)48(16)57(59)60-22/h35,38,42-45,47-56H,25-34,36-37,39-41H2,1-24H3/b38-35+,46-42+/t43-,44-,45+,47+,48+,49-,50+,51+,52-,53-,54+,55+,56-/m1/s1. The predicted molar refractivity (Wildman–Crippen MR) is 309 cm³/mol. The van der Waals surface area contributed by atoms with Gasteiger partial charge in [-0.3, -0.25) is 4.79 Å². The number of rotatable bonds is 34. The van der Waals surface area contributed by atoms with Gasteiger partial charge in [0.2, 0.25) is 0 Å². The Labute approximate surface area is 434 Å². The number of methoxy groups -OCH3 is 1. The van der Waals surface area contributed by atoms with Crippen molar-refractivity contribution in [3.63, 3.8) is 0 Å². The van der Waals surface area contributed by atoms with E-state index in [1.165, 1.54) is 25.5 Å². The van der Waals surface area contributed by atoms with Gasteiger partial charge >= 0.3 is 5.97 Å². The van der Waals surface area contributed by atoms with Crippen molar-refractivity contribution in [2.45, 2.75) is 293 Å². The highest BCUT2D eigenvalue weighted by molar-refractivity contribution is 6.75. The molecular formula is C58H118O7Si4. The summed E-state index contributed by atoms with van der Waals surface area (Å²) in [6, 6.07) is 9.97. The predicted octanol–water partition coefficient (Wildman–Crippen LogP) is 17.8. The third-order valence-electron chi connectivity index (χ3n) is 18.6. The Kier molecular flexibility index (Phi) is 29.8. The molecule has 0 unspecified atom stereocenters. The van der Waals surface area contributed by atoms with Gasteiger partial charge in [0.15, 0.2) is 33.3 Å². The average molecular weight is 1040 g/mol. The maximum absolute atomic E-state index is 12.9. The van der Waals surface area contributed by atoms with Crippen LogP contribution in [0.25, 0.3) is 0 Å². The van der Waals surface area contributed by atoms with Gasteiger partial charge in [-0.2, -0.15) is 0 Å². The minimum absolute atomic E-state index is 0.0103. The van der Waals surface area contributed by atoms with Gasteiger partial charge in [0.05, 0.1) is 49.7 Å². The summed E-state index contributed by atoms with van der Waals surface area (Å²) in [6.07, 6.45) is 13.3. The van der Waals surface area contributed by atoms with E-state index in [9.17, 15) is 4.79 Å². The minimum Gasteiger partial charge on any atom is -0.469 e. The summed E-state index contributed by atoms with van der Waals surface area (Å²) in [5.74, 6) is 0.943. The van der Waals surface area contributed by atoms with E-state index in [4.69, 9.17) is 27.2 Å². The number of ether oxygens (including phenoxy) is 2. The van der Waals surface area contributed by atoms with Crippen molar-refractivity contribution in [3.05, 3.63) is 23.8 Å². The van der Waals surface area contributed by atoms with Crippen molar-refractivity contribution in [1.82, 2.24) is 0 Å². The highest BCUT2D eigenvalue weighted by atomic mass is 28.4. The lowest BCUT2D eigenvalue weighted by atomic mass is 9.76. The smallest absolute Gasteiger partial charge is 0.311 e. The van der Waals surface area contributed by atoms with E-state index in [0.29, 0.717) is 11.8 Å². The Morgan fingerprint density at radius 1 is 0.681 bits per heavy atom. The van der Waals surface area contributed by atoms with Crippen LogP contribution >= 0.6 is 0 Å². The van der Waals surface area contributed by atoms with Crippen LogP contribution in [0, 0.1) is 41.4 Å². The molecular weight excluding hydrogens is 921 g/mol. The molecule has 1 fully saturated rings. The summed E-state index contributed by atoms with van der Waals surface area (Å²) < 4.78 is 43.2. The molecule has 1 aliphatic heterocycles. The Balaban J connectivity index is 4.06. The number of hydrogen-bond acceptors (Lipinski definition) is 7. The van der Waals surface area contributed by atoms with Gasteiger partial charge in [-0.25, -0.2) is 0 Å². The van der Waals surface area contributed by atoms with Gasteiger partial charge in [0.25, 0.3) is 0 Å². The van der Waals surface area contributed by atoms with Gasteiger partial charge in [-0.05, 0) is 136 Å². The largest absolute Gasteiger partial charge is 0.469 e. The Hall–Kier alpha value is -0.382. The molecule has 0 aliphatic carbocycles. The Morgan fingerprint density at radius 3 is 1.61 bits per heavy atom. The number of carbonyl (C=O) groups is 1. The van der Waals surface area contributed by atoms with Gasteiger partial charge < -0.3 is 27.2 Å². The highest BCUT2D eigenvalue weighted by Gasteiger charge is 2.49. The molecule has 0 N–H and O–H groups in total. The zero-order chi connectivity index (χ0) is 53.1. The molecule has 0 amide bonds. The van der Waals surface area contributed by atoms with Crippen molar-refractivity contribution >= 4 is 39.2 Å². The monoisotopic (exact) mass is 1040 g/mol. The molecule has 0 aromatic carbocycles. The lowest BCUT2D eigenvalue weighted by Gasteiger charge is -2.50. The topological polar surface area (TPSA) is 72.5 Å². The van der Waals surface area contributed by atoms with Crippen LogP contribution in [0.15, 0.2) is 23.8 Å². The van der Waals surface area contributed by atoms with Gasteiger partial charge in [0, 0.05) is 23.7 Å². The van der Waals surface area contributed by atoms with Crippen LogP contribution in [-0.2, 0) is 32.0 Å². The van der Waals surface area contributed by atoms with E-state index in [1.54, 1.807) is 0 Å². The summed E-state index contributed by atoms with van der Waals surface area (Å²) in [5, 5.41) is 0.0602. The number of hydrogen-bond donors (Lipinski definition) is 0. The summed E-state index contributed by atoms with van der Waals surface area (Å²) in [7, 11) is -6.84. The third kappa shape index (κ3) is 18.7. The Morgan fingerprint density at radius 2 is 1.16 bits per heavy atom. The third-order valence-corrected chi connectivity index (χ3v) is 37.0. The van der Waals surface area contributed by atoms with Crippen molar-refractivity contribution in [1.29, 1.82) is 0 Å². The van der Waals surface area contributed by atoms with Crippen molar-refractivity contribution < 1.29 is 32.0 Å².